The number of benzene rings is 2. The molecular formula is C28H41NO4S2. The van der Waals surface area contributed by atoms with Crippen LogP contribution in [-0.2, 0) is 6.42 Å². The molecule has 2 aromatic rings. The van der Waals surface area contributed by atoms with Gasteiger partial charge in [0.1, 0.15) is 4.20 Å². The number of hydrogen-bond donors (Lipinski definition) is 0. The molecule has 1 heterocycles. The molecule has 0 radical (unpaired) electrons. The average Bonchev–Trinajstić information content (AvgIpc) is 2.89. The smallest absolute Gasteiger partial charge is 0.160 e. The maximum atomic E-state index is 5.56. The van der Waals surface area contributed by atoms with Crippen LogP contribution < -0.4 is 18.9 Å². The second-order valence-corrected chi connectivity index (χ2v) is 12.3. The van der Waals surface area contributed by atoms with E-state index in [9.17, 15) is 0 Å². The van der Waals surface area contributed by atoms with Crippen LogP contribution in [-0.4, -0.2) is 62.1 Å². The number of aryl methyl sites for hydroxylation is 1. The van der Waals surface area contributed by atoms with Crippen molar-refractivity contribution in [2.45, 2.75) is 49.7 Å². The molecule has 1 aliphatic rings. The van der Waals surface area contributed by atoms with E-state index in [4.69, 9.17) is 18.9 Å². The summed E-state index contributed by atoms with van der Waals surface area (Å²) < 4.78 is 22.0. The number of unbranched alkanes of at least 4 members (excludes halogenated alkanes) is 1. The Morgan fingerprint density at radius 1 is 0.829 bits per heavy atom. The van der Waals surface area contributed by atoms with Crippen molar-refractivity contribution in [3.8, 4) is 23.0 Å². The summed E-state index contributed by atoms with van der Waals surface area (Å²) in [5.74, 6) is 6.02. The van der Waals surface area contributed by atoms with E-state index in [0.717, 1.165) is 55.4 Å². The van der Waals surface area contributed by atoms with E-state index in [0.29, 0.717) is 5.92 Å². The first kappa shape index (κ1) is 27.9. The quantitative estimate of drug-likeness (QED) is 0.273. The van der Waals surface area contributed by atoms with Gasteiger partial charge in [0.05, 0.1) is 28.4 Å². The van der Waals surface area contributed by atoms with Gasteiger partial charge in [-0.1, -0.05) is 19.1 Å². The van der Waals surface area contributed by atoms with Crippen LogP contribution in [0.25, 0.3) is 0 Å². The van der Waals surface area contributed by atoms with Gasteiger partial charge in [-0.05, 0) is 85.4 Å². The molecule has 0 spiro atoms. The molecule has 0 bridgehead atoms. The summed E-state index contributed by atoms with van der Waals surface area (Å²) in [6.07, 6.45) is 4.63. The lowest BCUT2D eigenvalue weighted by molar-refractivity contribution is 0.228. The Hall–Kier alpha value is -1.70. The van der Waals surface area contributed by atoms with Gasteiger partial charge in [0.15, 0.2) is 23.0 Å². The lowest BCUT2D eigenvalue weighted by Gasteiger charge is -2.44. The monoisotopic (exact) mass is 519 g/mol. The number of nitrogens with zero attached hydrogens (tertiary/aromatic N) is 1. The predicted molar refractivity (Wildman–Crippen MR) is 150 cm³/mol. The van der Waals surface area contributed by atoms with Crippen LogP contribution in [0.3, 0.4) is 0 Å². The molecule has 1 aliphatic heterocycles. The number of hydrogen-bond acceptors (Lipinski definition) is 7. The first-order chi connectivity index (χ1) is 16.9. The van der Waals surface area contributed by atoms with E-state index in [1.54, 1.807) is 28.4 Å². The number of rotatable bonds is 13. The maximum Gasteiger partial charge on any atom is 0.160 e. The van der Waals surface area contributed by atoms with Crippen molar-refractivity contribution < 1.29 is 18.9 Å². The molecular weight excluding hydrogens is 478 g/mol. The second-order valence-electron chi connectivity index (χ2n) is 9.06. The fourth-order valence-electron chi connectivity index (χ4n) is 4.53. The third kappa shape index (κ3) is 7.40. The third-order valence-corrected chi connectivity index (χ3v) is 9.95. The van der Waals surface area contributed by atoms with Crippen LogP contribution in [0.15, 0.2) is 36.4 Å². The molecule has 1 unspecified atom stereocenters. The fourth-order valence-corrected chi connectivity index (χ4v) is 7.58. The number of ether oxygens (including phenoxy) is 4. The van der Waals surface area contributed by atoms with Crippen LogP contribution in [0.4, 0.5) is 0 Å². The Labute approximate surface area is 220 Å². The summed E-state index contributed by atoms with van der Waals surface area (Å²) in [6.45, 7) is 6.83. The van der Waals surface area contributed by atoms with Crippen molar-refractivity contribution in [1.82, 2.24) is 4.90 Å². The zero-order valence-corrected chi connectivity index (χ0v) is 23.7. The van der Waals surface area contributed by atoms with Gasteiger partial charge in [0.2, 0.25) is 0 Å². The molecule has 0 N–H and O–H groups in total. The van der Waals surface area contributed by atoms with E-state index in [1.807, 2.05) is 12.1 Å². The summed E-state index contributed by atoms with van der Waals surface area (Å²) in [5, 5.41) is 0. The van der Waals surface area contributed by atoms with E-state index in [-0.39, 0.29) is 4.20 Å². The van der Waals surface area contributed by atoms with Gasteiger partial charge >= 0.3 is 0 Å². The first-order valence-corrected chi connectivity index (χ1v) is 14.4. The molecule has 2 aromatic carbocycles. The van der Waals surface area contributed by atoms with Crippen LogP contribution in [0.2, 0.25) is 0 Å². The van der Waals surface area contributed by atoms with Gasteiger partial charge in [-0.15, -0.1) is 23.5 Å². The van der Waals surface area contributed by atoms with Crippen molar-refractivity contribution in [3.63, 3.8) is 0 Å². The molecule has 0 aliphatic carbocycles. The van der Waals surface area contributed by atoms with E-state index in [2.05, 4.69) is 66.5 Å². The van der Waals surface area contributed by atoms with Crippen molar-refractivity contribution in [3.05, 3.63) is 47.5 Å². The van der Waals surface area contributed by atoms with Crippen LogP contribution in [0.5, 0.6) is 23.0 Å². The maximum absolute atomic E-state index is 5.56. The highest BCUT2D eigenvalue weighted by molar-refractivity contribution is 8.18. The third-order valence-electron chi connectivity index (χ3n) is 6.67. The normalized spacial score (nSPS) is 16.1. The zero-order valence-electron chi connectivity index (χ0n) is 22.1. The van der Waals surface area contributed by atoms with Crippen LogP contribution >= 0.6 is 23.5 Å². The highest BCUT2D eigenvalue weighted by Crippen LogP contribution is 2.45. The van der Waals surface area contributed by atoms with E-state index >= 15 is 0 Å². The van der Waals surface area contributed by atoms with Gasteiger partial charge in [-0.3, -0.25) is 4.90 Å². The SMILES string of the molecule is COc1ccc(CCCCN(CC(C)c2ccc(OC)c(OC)c2)C2(C)SCCCS2)cc1OC. The van der Waals surface area contributed by atoms with Crippen molar-refractivity contribution in [2.24, 2.45) is 0 Å². The number of methoxy groups -OCH3 is 4. The van der Waals surface area contributed by atoms with Gasteiger partial charge in [0.25, 0.3) is 0 Å². The molecule has 1 fully saturated rings. The van der Waals surface area contributed by atoms with E-state index < -0.39 is 0 Å². The highest BCUT2D eigenvalue weighted by atomic mass is 32.2. The van der Waals surface area contributed by atoms with Crippen molar-refractivity contribution in [2.75, 3.05) is 53.0 Å². The van der Waals surface area contributed by atoms with Crippen molar-refractivity contribution in [1.29, 1.82) is 0 Å². The Kier molecular flexibility index (Phi) is 10.8. The molecule has 7 heteroatoms. The van der Waals surface area contributed by atoms with Gasteiger partial charge in [-0.25, -0.2) is 0 Å². The van der Waals surface area contributed by atoms with Crippen LogP contribution in [0, 0.1) is 0 Å². The highest BCUT2D eigenvalue weighted by Gasteiger charge is 2.35. The van der Waals surface area contributed by atoms with Gasteiger partial charge in [0, 0.05) is 13.1 Å². The summed E-state index contributed by atoms with van der Waals surface area (Å²) in [5.41, 5.74) is 2.58. The second kappa shape index (κ2) is 13.6. The van der Waals surface area contributed by atoms with E-state index in [1.165, 1.54) is 29.1 Å². The standard InChI is InChI=1S/C28H41NO4S2/c1-21(23-12-14-25(31-4)27(19-23)33-6)20-29(28(2)34-16-9-17-35-28)15-8-7-10-22-11-13-24(30-3)26(18-22)32-5/h11-14,18-19,21H,7-10,15-17,20H2,1-6H3. The molecule has 0 amide bonds. The molecule has 194 valence electrons. The van der Waals surface area contributed by atoms with Gasteiger partial charge in [-0.2, -0.15) is 0 Å². The summed E-state index contributed by atoms with van der Waals surface area (Å²) >= 11 is 4.20. The zero-order chi connectivity index (χ0) is 25.3. The Morgan fingerprint density at radius 2 is 1.43 bits per heavy atom. The summed E-state index contributed by atoms with van der Waals surface area (Å²) in [6, 6.07) is 12.6. The largest absolute Gasteiger partial charge is 0.493 e. The minimum absolute atomic E-state index is 0.117. The molecule has 5 nitrogen and oxygen atoms in total. The first-order valence-electron chi connectivity index (χ1n) is 12.4. The lowest BCUT2D eigenvalue weighted by Crippen LogP contribution is -2.45. The molecule has 0 saturated carbocycles. The predicted octanol–water partition coefficient (Wildman–Crippen LogP) is 6.69. The molecule has 0 aromatic heterocycles. The van der Waals surface area contributed by atoms with Gasteiger partial charge < -0.3 is 18.9 Å². The van der Waals surface area contributed by atoms with Crippen molar-refractivity contribution >= 4 is 23.5 Å². The molecule has 3 rings (SSSR count). The lowest BCUT2D eigenvalue weighted by atomic mass is 9.99. The summed E-state index contributed by atoms with van der Waals surface area (Å²) in [4.78, 5) is 2.71. The minimum atomic E-state index is 0.117. The Bertz CT molecular complexity index is 933. The molecule has 1 atom stereocenters. The summed E-state index contributed by atoms with van der Waals surface area (Å²) in [7, 11) is 6.76. The molecule has 35 heavy (non-hydrogen) atoms. The Balaban J connectivity index is 1.65. The Morgan fingerprint density at radius 3 is 2.06 bits per heavy atom. The average molecular weight is 520 g/mol. The topological polar surface area (TPSA) is 40.2 Å². The number of thioether (sulfide) groups is 2. The minimum Gasteiger partial charge on any atom is -0.493 e. The molecule has 1 saturated heterocycles. The van der Waals surface area contributed by atoms with Crippen LogP contribution in [0.1, 0.15) is 50.2 Å². The fraction of sp³-hybridized carbons (Fsp3) is 0.571.